The van der Waals surface area contributed by atoms with Gasteiger partial charge in [0, 0.05) is 14.1 Å². The molecule has 0 aliphatic carbocycles. The van der Waals surface area contributed by atoms with E-state index in [1.807, 2.05) is 19.0 Å². The molecule has 1 rings (SSSR count). The molecule has 0 bridgehead atoms. The van der Waals surface area contributed by atoms with Gasteiger partial charge in [0.05, 0.1) is 6.61 Å². The topological polar surface area (TPSA) is 79.4 Å². The second-order valence-electron chi connectivity index (χ2n) is 3.14. The van der Waals surface area contributed by atoms with Gasteiger partial charge in [0.1, 0.15) is 0 Å². The van der Waals surface area contributed by atoms with Gasteiger partial charge >= 0.3 is 6.09 Å². The van der Waals surface area contributed by atoms with Crippen LogP contribution in [0.15, 0.2) is 12.1 Å². The number of nitrogens with one attached hydrogen (secondary N) is 2. The van der Waals surface area contributed by atoms with Gasteiger partial charge < -0.3 is 9.64 Å². The number of hydrogen-bond donors (Lipinski definition) is 2. The first-order chi connectivity index (χ1) is 7.63. The molecule has 0 unspecified atom stereocenters. The van der Waals surface area contributed by atoms with Gasteiger partial charge in [0.25, 0.3) is 0 Å². The summed E-state index contributed by atoms with van der Waals surface area (Å²) in [4.78, 5) is 12.8. The summed E-state index contributed by atoms with van der Waals surface area (Å²) < 4.78 is 4.66. The first kappa shape index (κ1) is 15.2. The Kier molecular flexibility index (Phi) is 6.73. The Morgan fingerprint density at radius 2 is 2.12 bits per heavy atom. The number of amides is 1. The monoisotopic (exact) mass is 261 g/mol. The first-order valence-electron chi connectivity index (χ1n) is 4.83. The van der Waals surface area contributed by atoms with Gasteiger partial charge in [-0.2, -0.15) is 0 Å². The minimum atomic E-state index is -0.555. The molecule has 0 aromatic carbocycles. The molecule has 96 valence electrons. The average molecular weight is 262 g/mol. The highest BCUT2D eigenvalue weighted by Gasteiger charge is 2.01. The van der Waals surface area contributed by atoms with E-state index in [4.69, 9.17) is 0 Å². The Balaban J connectivity index is 0.00000256. The van der Waals surface area contributed by atoms with Gasteiger partial charge in [0.2, 0.25) is 0 Å². The maximum absolute atomic E-state index is 10.9. The van der Waals surface area contributed by atoms with E-state index in [0.29, 0.717) is 12.4 Å². The highest BCUT2D eigenvalue weighted by molar-refractivity contribution is 5.85. The number of aromatic nitrogens is 2. The Morgan fingerprint density at radius 1 is 1.41 bits per heavy atom. The quantitative estimate of drug-likeness (QED) is 0.789. The molecule has 1 aromatic heterocycles. The van der Waals surface area contributed by atoms with Crippen LogP contribution >= 0.6 is 12.4 Å². The number of rotatable bonds is 4. The summed E-state index contributed by atoms with van der Waals surface area (Å²) in [5.74, 6) is 1.18. The van der Waals surface area contributed by atoms with Crippen LogP contribution in [0, 0.1) is 0 Å². The molecule has 0 spiro atoms. The number of ether oxygens (including phenoxy) is 1. The second kappa shape index (κ2) is 7.50. The number of halogens is 1. The van der Waals surface area contributed by atoms with E-state index in [0.717, 1.165) is 5.82 Å². The second-order valence-corrected chi connectivity index (χ2v) is 3.14. The Morgan fingerprint density at radius 3 is 2.59 bits per heavy atom. The fraction of sp³-hybridized carbons (Fsp3) is 0.444. The fourth-order valence-corrected chi connectivity index (χ4v) is 0.913. The minimum Gasteiger partial charge on any atom is -0.449 e. The molecule has 2 N–H and O–H groups in total. The normalized spacial score (nSPS) is 8.88. The van der Waals surface area contributed by atoms with Crippen molar-refractivity contribution in [2.24, 2.45) is 0 Å². The van der Waals surface area contributed by atoms with Gasteiger partial charge in [0.15, 0.2) is 11.6 Å². The molecule has 7 nitrogen and oxygen atoms in total. The van der Waals surface area contributed by atoms with Crippen LogP contribution in [0.3, 0.4) is 0 Å². The largest absolute Gasteiger partial charge is 0.449 e. The fourth-order valence-electron chi connectivity index (χ4n) is 0.913. The molecule has 0 fully saturated rings. The van der Waals surface area contributed by atoms with Crippen molar-refractivity contribution in [3.63, 3.8) is 0 Å². The van der Waals surface area contributed by atoms with Crippen molar-refractivity contribution >= 4 is 30.1 Å². The first-order valence-corrected chi connectivity index (χ1v) is 4.83. The molecule has 8 heteroatoms. The lowest BCUT2D eigenvalue weighted by atomic mass is 10.5. The third-order valence-electron chi connectivity index (χ3n) is 1.68. The van der Waals surface area contributed by atoms with Gasteiger partial charge in [-0.05, 0) is 19.1 Å². The van der Waals surface area contributed by atoms with Gasteiger partial charge in [-0.1, -0.05) is 0 Å². The van der Waals surface area contributed by atoms with Crippen LogP contribution in [-0.4, -0.2) is 37.0 Å². The van der Waals surface area contributed by atoms with E-state index >= 15 is 0 Å². The molecule has 17 heavy (non-hydrogen) atoms. The molecule has 1 heterocycles. The molecule has 0 atom stereocenters. The smallest absolute Gasteiger partial charge is 0.425 e. The van der Waals surface area contributed by atoms with Gasteiger partial charge in [-0.25, -0.2) is 10.2 Å². The van der Waals surface area contributed by atoms with Crippen molar-refractivity contribution in [3.8, 4) is 0 Å². The Labute approximate surface area is 106 Å². The van der Waals surface area contributed by atoms with Crippen LogP contribution in [0.5, 0.6) is 0 Å². The number of anilines is 2. The maximum atomic E-state index is 10.9. The summed E-state index contributed by atoms with van der Waals surface area (Å²) in [6.07, 6.45) is -0.555. The molecule has 0 radical (unpaired) electrons. The zero-order valence-corrected chi connectivity index (χ0v) is 10.7. The predicted molar refractivity (Wildman–Crippen MR) is 67.4 cm³/mol. The lowest BCUT2D eigenvalue weighted by Crippen LogP contribution is -2.30. The average Bonchev–Trinajstić information content (AvgIpc) is 2.27. The highest BCUT2D eigenvalue weighted by Crippen LogP contribution is 2.07. The van der Waals surface area contributed by atoms with Crippen molar-refractivity contribution in [3.05, 3.63) is 12.1 Å². The third kappa shape index (κ3) is 5.21. The number of carbonyl (C=O) groups excluding carboxylic acids is 1. The Hall–Kier alpha value is -1.76. The summed E-state index contributed by atoms with van der Waals surface area (Å²) in [7, 11) is 3.74. The summed E-state index contributed by atoms with van der Waals surface area (Å²) >= 11 is 0. The van der Waals surface area contributed by atoms with E-state index in [2.05, 4.69) is 25.8 Å². The standard InChI is InChI=1S/C9H15N5O2.ClH/c1-4-16-9(15)13-11-7-5-6-8(12-10-7)14(2)3;/h5-6H,4H2,1-3H3,(H,10,11)(H,13,15);1H. The van der Waals surface area contributed by atoms with Crippen LogP contribution in [-0.2, 0) is 4.74 Å². The Bertz CT molecular complexity index is 344. The molecule has 0 aliphatic rings. The van der Waals surface area contributed by atoms with Crippen LogP contribution in [0.25, 0.3) is 0 Å². The molecular weight excluding hydrogens is 246 g/mol. The molecule has 0 aliphatic heterocycles. The highest BCUT2D eigenvalue weighted by atomic mass is 35.5. The van der Waals surface area contributed by atoms with Gasteiger partial charge in [-0.3, -0.25) is 5.43 Å². The van der Waals surface area contributed by atoms with E-state index in [-0.39, 0.29) is 12.4 Å². The third-order valence-corrected chi connectivity index (χ3v) is 1.68. The molecule has 0 saturated heterocycles. The lowest BCUT2D eigenvalue weighted by Gasteiger charge is -2.11. The zero-order valence-electron chi connectivity index (χ0n) is 9.93. The number of hydrogen-bond acceptors (Lipinski definition) is 6. The van der Waals surface area contributed by atoms with Crippen molar-refractivity contribution in [2.45, 2.75) is 6.92 Å². The summed E-state index contributed by atoms with van der Waals surface area (Å²) in [6, 6.07) is 3.48. The van der Waals surface area contributed by atoms with E-state index < -0.39 is 6.09 Å². The van der Waals surface area contributed by atoms with Crippen LogP contribution in [0.1, 0.15) is 6.92 Å². The van der Waals surface area contributed by atoms with Crippen molar-refractivity contribution in [1.29, 1.82) is 0 Å². The van der Waals surface area contributed by atoms with E-state index in [1.54, 1.807) is 19.1 Å². The number of nitrogens with zero attached hydrogens (tertiary/aromatic N) is 3. The van der Waals surface area contributed by atoms with Crippen LogP contribution in [0.2, 0.25) is 0 Å². The molecule has 1 aromatic rings. The van der Waals surface area contributed by atoms with Crippen molar-refractivity contribution in [1.82, 2.24) is 15.6 Å². The van der Waals surface area contributed by atoms with Crippen LogP contribution in [0.4, 0.5) is 16.4 Å². The lowest BCUT2D eigenvalue weighted by molar-refractivity contribution is 0.154. The number of hydrazine groups is 1. The molecular formula is C9H16ClN5O2. The predicted octanol–water partition coefficient (Wildman–Crippen LogP) is 1.04. The summed E-state index contributed by atoms with van der Waals surface area (Å²) in [6.45, 7) is 2.05. The zero-order chi connectivity index (χ0) is 12.0. The molecule has 0 saturated carbocycles. The summed E-state index contributed by atoms with van der Waals surface area (Å²) in [5.41, 5.74) is 4.90. The number of carbonyl (C=O) groups is 1. The van der Waals surface area contributed by atoms with Crippen LogP contribution < -0.4 is 15.8 Å². The van der Waals surface area contributed by atoms with Crippen molar-refractivity contribution < 1.29 is 9.53 Å². The van der Waals surface area contributed by atoms with E-state index in [1.165, 1.54) is 0 Å². The summed E-state index contributed by atoms with van der Waals surface area (Å²) in [5, 5.41) is 7.78. The maximum Gasteiger partial charge on any atom is 0.425 e. The SMILES string of the molecule is CCOC(=O)NNc1ccc(N(C)C)nn1.Cl. The minimum absolute atomic E-state index is 0. The van der Waals surface area contributed by atoms with Crippen molar-refractivity contribution in [2.75, 3.05) is 31.0 Å². The van der Waals surface area contributed by atoms with Gasteiger partial charge in [-0.15, -0.1) is 22.6 Å². The van der Waals surface area contributed by atoms with E-state index in [9.17, 15) is 4.79 Å². The molecule has 1 amide bonds.